The number of nitrogens with two attached hydrogens (primary N) is 1. The lowest BCUT2D eigenvalue weighted by molar-refractivity contribution is 0.214. The summed E-state index contributed by atoms with van der Waals surface area (Å²) in [4.78, 5) is 0. The highest BCUT2D eigenvalue weighted by Crippen LogP contribution is 2.24. The van der Waals surface area contributed by atoms with Crippen LogP contribution in [0.3, 0.4) is 0 Å². The van der Waals surface area contributed by atoms with Crippen molar-refractivity contribution in [3.05, 3.63) is 63.6 Å². The van der Waals surface area contributed by atoms with Gasteiger partial charge < -0.3 is 10.5 Å². The van der Waals surface area contributed by atoms with E-state index in [1.807, 2.05) is 42.5 Å². The van der Waals surface area contributed by atoms with Gasteiger partial charge in [0.15, 0.2) is 0 Å². The van der Waals surface area contributed by atoms with Gasteiger partial charge in [0, 0.05) is 16.0 Å². The Morgan fingerprint density at radius 3 is 2.50 bits per heavy atom. The van der Waals surface area contributed by atoms with E-state index in [0.717, 1.165) is 15.8 Å². The van der Waals surface area contributed by atoms with E-state index in [4.69, 9.17) is 22.1 Å². The van der Waals surface area contributed by atoms with Crippen molar-refractivity contribution in [2.24, 2.45) is 5.73 Å². The predicted molar refractivity (Wildman–Crippen MR) is 78.0 cm³/mol. The summed E-state index contributed by atoms with van der Waals surface area (Å²) < 4.78 is 6.88. The van der Waals surface area contributed by atoms with Crippen molar-refractivity contribution in [1.29, 1.82) is 0 Å². The highest BCUT2D eigenvalue weighted by molar-refractivity contribution is 9.10. The van der Waals surface area contributed by atoms with E-state index in [2.05, 4.69) is 15.9 Å². The molecule has 0 aliphatic heterocycles. The van der Waals surface area contributed by atoms with E-state index < -0.39 is 0 Å². The monoisotopic (exact) mass is 325 g/mol. The fraction of sp³-hybridized carbons (Fsp3) is 0.143. The van der Waals surface area contributed by atoms with Crippen molar-refractivity contribution in [1.82, 2.24) is 0 Å². The Morgan fingerprint density at radius 2 is 1.89 bits per heavy atom. The van der Waals surface area contributed by atoms with Crippen LogP contribution in [0, 0.1) is 0 Å². The molecule has 0 heterocycles. The van der Waals surface area contributed by atoms with Crippen LogP contribution in [0.1, 0.15) is 11.7 Å². The summed E-state index contributed by atoms with van der Waals surface area (Å²) in [5, 5.41) is 0.652. The molecule has 2 N–H and O–H groups in total. The van der Waals surface area contributed by atoms with Gasteiger partial charge in [0.25, 0.3) is 0 Å². The van der Waals surface area contributed by atoms with Gasteiger partial charge in [-0.3, -0.25) is 0 Å². The van der Waals surface area contributed by atoms with Crippen LogP contribution in [0.2, 0.25) is 5.02 Å². The smallest absolute Gasteiger partial charge is 0.136 e. The maximum Gasteiger partial charge on any atom is 0.136 e. The number of hydrogen-bond acceptors (Lipinski definition) is 2. The minimum Gasteiger partial charge on any atom is -0.484 e. The van der Waals surface area contributed by atoms with Crippen LogP contribution < -0.4 is 10.5 Å². The molecule has 0 saturated carbocycles. The minimum atomic E-state index is -0.170. The first-order valence-electron chi connectivity index (χ1n) is 5.57. The van der Waals surface area contributed by atoms with E-state index in [-0.39, 0.29) is 6.10 Å². The molecule has 0 saturated heterocycles. The molecule has 0 aromatic heterocycles. The summed E-state index contributed by atoms with van der Waals surface area (Å²) in [5.41, 5.74) is 6.80. The summed E-state index contributed by atoms with van der Waals surface area (Å²) in [6.07, 6.45) is -0.170. The lowest BCUT2D eigenvalue weighted by atomic mass is 10.1. The molecule has 2 rings (SSSR count). The first kappa shape index (κ1) is 13.4. The summed E-state index contributed by atoms with van der Waals surface area (Å²) in [6.45, 7) is 0.411. The van der Waals surface area contributed by atoms with Crippen molar-refractivity contribution < 1.29 is 4.74 Å². The molecular weight excluding hydrogens is 314 g/mol. The molecule has 1 unspecified atom stereocenters. The second-order valence-electron chi connectivity index (χ2n) is 3.85. The third kappa shape index (κ3) is 3.48. The molecule has 2 aromatic rings. The zero-order chi connectivity index (χ0) is 13.0. The molecule has 2 aromatic carbocycles. The Labute approximate surface area is 120 Å². The number of hydrogen-bond donors (Lipinski definition) is 1. The van der Waals surface area contributed by atoms with Gasteiger partial charge in [0.1, 0.15) is 11.9 Å². The fourth-order valence-electron chi connectivity index (χ4n) is 1.63. The van der Waals surface area contributed by atoms with E-state index in [0.29, 0.717) is 11.6 Å². The van der Waals surface area contributed by atoms with Gasteiger partial charge in [-0.05, 0) is 35.9 Å². The summed E-state index contributed by atoms with van der Waals surface area (Å²) in [6, 6.07) is 15.2. The van der Waals surface area contributed by atoms with Gasteiger partial charge in [0.2, 0.25) is 0 Å². The Morgan fingerprint density at radius 1 is 1.17 bits per heavy atom. The summed E-state index contributed by atoms with van der Waals surface area (Å²) in [5.74, 6) is 0.723. The van der Waals surface area contributed by atoms with Crippen molar-refractivity contribution in [2.45, 2.75) is 6.10 Å². The van der Waals surface area contributed by atoms with Crippen LogP contribution in [0.4, 0.5) is 0 Å². The van der Waals surface area contributed by atoms with Crippen molar-refractivity contribution in [3.63, 3.8) is 0 Å². The number of rotatable bonds is 4. The first-order chi connectivity index (χ1) is 8.69. The van der Waals surface area contributed by atoms with E-state index >= 15 is 0 Å². The molecule has 0 radical (unpaired) electrons. The Bertz CT molecular complexity index is 515. The largest absolute Gasteiger partial charge is 0.484 e. The third-order valence-corrected chi connectivity index (χ3v) is 3.29. The molecule has 0 aliphatic rings. The zero-order valence-corrected chi connectivity index (χ0v) is 12.0. The molecule has 4 heteroatoms. The standard InChI is InChI=1S/C14H13BrClNO/c15-11-6-4-10(5-7-11)14(9-17)18-13-3-1-2-12(16)8-13/h1-8,14H,9,17H2. The molecule has 0 amide bonds. The quantitative estimate of drug-likeness (QED) is 0.914. The second-order valence-corrected chi connectivity index (χ2v) is 5.20. The molecule has 94 valence electrons. The second kappa shape index (κ2) is 6.23. The van der Waals surface area contributed by atoms with Crippen molar-refractivity contribution in [3.8, 4) is 5.75 Å². The SMILES string of the molecule is NCC(Oc1cccc(Cl)c1)c1ccc(Br)cc1. The lowest BCUT2D eigenvalue weighted by Crippen LogP contribution is -2.18. The maximum absolute atomic E-state index is 5.92. The topological polar surface area (TPSA) is 35.2 Å². The average Bonchev–Trinajstić information content (AvgIpc) is 2.37. The van der Waals surface area contributed by atoms with Crippen LogP contribution in [0.15, 0.2) is 53.0 Å². The molecule has 0 spiro atoms. The Hall–Kier alpha value is -1.03. The molecule has 2 nitrogen and oxygen atoms in total. The molecule has 0 bridgehead atoms. The molecule has 1 atom stereocenters. The highest BCUT2D eigenvalue weighted by Gasteiger charge is 2.11. The van der Waals surface area contributed by atoms with Crippen LogP contribution in [0.5, 0.6) is 5.75 Å². The van der Waals surface area contributed by atoms with Gasteiger partial charge in [0.05, 0.1) is 0 Å². The normalized spacial score (nSPS) is 12.2. The van der Waals surface area contributed by atoms with Crippen molar-refractivity contribution >= 4 is 27.5 Å². The van der Waals surface area contributed by atoms with E-state index in [1.165, 1.54) is 0 Å². The number of benzene rings is 2. The zero-order valence-electron chi connectivity index (χ0n) is 9.64. The van der Waals surface area contributed by atoms with Crippen LogP contribution in [-0.4, -0.2) is 6.54 Å². The lowest BCUT2D eigenvalue weighted by Gasteiger charge is -2.18. The van der Waals surface area contributed by atoms with Crippen LogP contribution in [0.25, 0.3) is 0 Å². The van der Waals surface area contributed by atoms with Crippen molar-refractivity contribution in [2.75, 3.05) is 6.54 Å². The average molecular weight is 327 g/mol. The van der Waals surface area contributed by atoms with Gasteiger partial charge >= 0.3 is 0 Å². The van der Waals surface area contributed by atoms with Gasteiger partial charge in [-0.15, -0.1) is 0 Å². The Balaban J connectivity index is 2.17. The summed E-state index contributed by atoms with van der Waals surface area (Å²) in [7, 11) is 0. The van der Waals surface area contributed by atoms with Crippen LogP contribution in [-0.2, 0) is 0 Å². The van der Waals surface area contributed by atoms with Gasteiger partial charge in [-0.2, -0.15) is 0 Å². The molecule has 0 fully saturated rings. The minimum absolute atomic E-state index is 0.170. The third-order valence-electron chi connectivity index (χ3n) is 2.53. The van der Waals surface area contributed by atoms with E-state index in [1.54, 1.807) is 6.07 Å². The highest BCUT2D eigenvalue weighted by atomic mass is 79.9. The number of ether oxygens (including phenoxy) is 1. The fourth-order valence-corrected chi connectivity index (χ4v) is 2.08. The van der Waals surface area contributed by atoms with E-state index in [9.17, 15) is 0 Å². The molecule has 0 aliphatic carbocycles. The van der Waals surface area contributed by atoms with Gasteiger partial charge in [-0.25, -0.2) is 0 Å². The summed E-state index contributed by atoms with van der Waals surface area (Å²) >= 11 is 9.32. The molecular formula is C14H13BrClNO. The maximum atomic E-state index is 5.92. The predicted octanol–water partition coefficient (Wildman–Crippen LogP) is 4.18. The Kier molecular flexibility index (Phi) is 4.64. The van der Waals surface area contributed by atoms with Crippen LogP contribution >= 0.6 is 27.5 Å². The first-order valence-corrected chi connectivity index (χ1v) is 6.74. The number of halogens is 2. The van der Waals surface area contributed by atoms with Gasteiger partial charge in [-0.1, -0.05) is 45.7 Å². The molecule has 18 heavy (non-hydrogen) atoms.